The molecule has 0 saturated heterocycles. The average molecular weight is 502 g/mol. The van der Waals surface area contributed by atoms with Gasteiger partial charge in [0.1, 0.15) is 17.7 Å². The molecule has 2 amide bonds. The lowest BCUT2D eigenvalue weighted by Crippen LogP contribution is -2.44. The van der Waals surface area contributed by atoms with E-state index in [1.54, 1.807) is 6.92 Å². The zero-order valence-corrected chi connectivity index (χ0v) is 21.0. The van der Waals surface area contributed by atoms with Crippen LogP contribution in [0.3, 0.4) is 0 Å². The molecule has 0 aliphatic rings. The number of anilines is 1. The number of carbonyl (C=O) groups is 2. The number of nitrogens with one attached hydrogen (secondary N) is 2. The molecule has 9 heteroatoms. The molecule has 0 aliphatic heterocycles. The molecule has 0 radical (unpaired) electrons. The summed E-state index contributed by atoms with van der Waals surface area (Å²) in [6.45, 7) is 8.06. The summed E-state index contributed by atoms with van der Waals surface area (Å²) in [5.41, 5.74) is 2.98. The first-order valence-electron chi connectivity index (χ1n) is 11.4. The first-order chi connectivity index (χ1) is 16.7. The van der Waals surface area contributed by atoms with Gasteiger partial charge in [-0.25, -0.2) is 13.8 Å². The summed E-state index contributed by atoms with van der Waals surface area (Å²) in [5.74, 6) is -2.44. The number of aryl methyl sites for hydroxylation is 1. The number of amides is 2. The van der Waals surface area contributed by atoms with Crippen LogP contribution in [0.15, 0.2) is 42.5 Å². The normalized spacial score (nSPS) is 12.0. The van der Waals surface area contributed by atoms with Crippen LogP contribution < -0.4 is 10.6 Å². The first-order valence-corrected chi connectivity index (χ1v) is 12.2. The minimum atomic E-state index is -0.819. The summed E-state index contributed by atoms with van der Waals surface area (Å²) in [4.78, 5) is 30.7. The minimum Gasteiger partial charge on any atom is -0.374 e. The fraction of sp³-hybridized carbons (Fsp3) is 0.346. The zero-order valence-electron chi connectivity index (χ0n) is 20.2. The molecule has 1 atom stereocenters. The molecular formula is C26H29F2N3O3S. The summed E-state index contributed by atoms with van der Waals surface area (Å²) in [7, 11) is 0. The van der Waals surface area contributed by atoms with Crippen molar-refractivity contribution < 1.29 is 23.1 Å². The molecule has 186 valence electrons. The number of hydrogen-bond acceptors (Lipinski definition) is 5. The number of carbonyl (C=O) groups excluding carboxylic acids is 2. The van der Waals surface area contributed by atoms with Gasteiger partial charge in [-0.15, -0.1) is 0 Å². The molecule has 0 bridgehead atoms. The van der Waals surface area contributed by atoms with Gasteiger partial charge < -0.3 is 15.4 Å². The Balaban J connectivity index is 1.68. The third kappa shape index (κ3) is 7.40. The van der Waals surface area contributed by atoms with Crippen LogP contribution >= 0.6 is 11.3 Å². The lowest BCUT2D eigenvalue weighted by atomic mass is 10.1. The maximum Gasteiger partial charge on any atom is 0.248 e. The van der Waals surface area contributed by atoms with Crippen LogP contribution in [0.4, 0.5) is 13.9 Å². The molecule has 1 aromatic heterocycles. The van der Waals surface area contributed by atoms with Gasteiger partial charge in [0.2, 0.25) is 11.8 Å². The van der Waals surface area contributed by atoms with Crippen LogP contribution in [-0.2, 0) is 27.4 Å². The molecular weight excluding hydrogens is 472 g/mol. The number of aromatic nitrogens is 1. The molecule has 3 rings (SSSR count). The van der Waals surface area contributed by atoms with Gasteiger partial charge in [0, 0.05) is 6.07 Å². The Kier molecular flexibility index (Phi) is 9.06. The van der Waals surface area contributed by atoms with Gasteiger partial charge in [0.25, 0.3) is 0 Å². The Morgan fingerprint density at radius 3 is 2.46 bits per heavy atom. The highest BCUT2D eigenvalue weighted by molar-refractivity contribution is 7.19. The summed E-state index contributed by atoms with van der Waals surface area (Å²) >= 11 is 1.35. The van der Waals surface area contributed by atoms with Crippen molar-refractivity contribution in [3.05, 3.63) is 70.9 Å². The maximum atomic E-state index is 13.4. The molecule has 0 unspecified atom stereocenters. The van der Waals surface area contributed by atoms with E-state index < -0.39 is 29.5 Å². The van der Waals surface area contributed by atoms with Crippen LogP contribution in [0.5, 0.6) is 0 Å². The molecule has 0 aliphatic carbocycles. The van der Waals surface area contributed by atoms with Crippen molar-refractivity contribution in [2.45, 2.75) is 59.3 Å². The summed E-state index contributed by atoms with van der Waals surface area (Å²) in [5, 5.41) is 5.83. The van der Waals surface area contributed by atoms with E-state index in [-0.39, 0.29) is 18.1 Å². The van der Waals surface area contributed by atoms with Gasteiger partial charge >= 0.3 is 0 Å². The van der Waals surface area contributed by atoms with E-state index >= 15 is 0 Å². The first kappa shape index (κ1) is 26.4. The van der Waals surface area contributed by atoms with Crippen LogP contribution in [0.1, 0.15) is 44.0 Å². The van der Waals surface area contributed by atoms with Crippen molar-refractivity contribution in [1.82, 2.24) is 10.3 Å². The Labute approximate surface area is 207 Å². The largest absolute Gasteiger partial charge is 0.374 e. The molecule has 0 saturated carbocycles. The summed E-state index contributed by atoms with van der Waals surface area (Å²) in [6, 6.07) is 10.00. The number of rotatable bonds is 10. The second kappa shape index (κ2) is 12.0. The fourth-order valence-electron chi connectivity index (χ4n) is 3.51. The van der Waals surface area contributed by atoms with Gasteiger partial charge in [-0.2, -0.15) is 0 Å². The molecule has 6 nitrogen and oxygen atoms in total. The molecule has 2 N–H and O–H groups in total. The summed E-state index contributed by atoms with van der Waals surface area (Å²) < 4.78 is 32.6. The summed E-state index contributed by atoms with van der Waals surface area (Å²) in [6.07, 6.45) is 0.192. The van der Waals surface area contributed by atoms with Crippen molar-refractivity contribution in [1.29, 1.82) is 0 Å². The highest BCUT2D eigenvalue weighted by Crippen LogP contribution is 2.35. The Bertz CT molecular complexity index is 1180. The van der Waals surface area contributed by atoms with E-state index in [1.165, 1.54) is 11.3 Å². The van der Waals surface area contributed by atoms with E-state index in [1.807, 2.05) is 45.0 Å². The number of nitrogens with zero attached hydrogens (tertiary/aromatic N) is 1. The van der Waals surface area contributed by atoms with E-state index in [0.29, 0.717) is 18.2 Å². The molecule has 35 heavy (non-hydrogen) atoms. The van der Waals surface area contributed by atoms with Crippen LogP contribution in [-0.4, -0.2) is 28.9 Å². The quantitative estimate of drug-likeness (QED) is 0.390. The van der Waals surface area contributed by atoms with E-state index in [4.69, 9.17) is 4.74 Å². The molecule has 1 heterocycles. The number of halogens is 2. The highest BCUT2D eigenvalue weighted by Gasteiger charge is 2.22. The third-order valence-electron chi connectivity index (χ3n) is 5.21. The predicted octanol–water partition coefficient (Wildman–Crippen LogP) is 5.40. The molecule has 2 aromatic carbocycles. The van der Waals surface area contributed by atoms with Gasteiger partial charge in [0.05, 0.1) is 29.7 Å². The van der Waals surface area contributed by atoms with Gasteiger partial charge in [-0.1, -0.05) is 42.5 Å². The minimum absolute atomic E-state index is 0.0987. The van der Waals surface area contributed by atoms with Crippen molar-refractivity contribution in [3.8, 4) is 10.4 Å². The fourth-order valence-corrected chi connectivity index (χ4v) is 4.54. The van der Waals surface area contributed by atoms with Crippen molar-refractivity contribution in [2.75, 3.05) is 5.32 Å². The standard InChI is InChI=1S/C26H29F2N3O3S/c1-5-22(30-23(32)12-17-10-19(27)13-20(28)11-17)25(33)31-26-29-16(4)24(35-26)21-9-7-6-8-18(21)14-34-15(2)3/h6-11,13,15,22H,5,12,14H2,1-4H3,(H,30,32)(H,29,31,33)/t22-/m0/s1. The maximum absolute atomic E-state index is 13.4. The zero-order chi connectivity index (χ0) is 25.5. The monoisotopic (exact) mass is 501 g/mol. The van der Waals surface area contributed by atoms with E-state index in [2.05, 4.69) is 15.6 Å². The SMILES string of the molecule is CC[C@H](NC(=O)Cc1cc(F)cc(F)c1)C(=O)Nc1nc(C)c(-c2ccccc2COC(C)C)s1. The van der Waals surface area contributed by atoms with Crippen LogP contribution in [0.25, 0.3) is 10.4 Å². The average Bonchev–Trinajstić information content (AvgIpc) is 3.14. The van der Waals surface area contributed by atoms with Crippen molar-refractivity contribution >= 4 is 28.3 Å². The number of benzene rings is 2. The topological polar surface area (TPSA) is 80.3 Å². The van der Waals surface area contributed by atoms with Crippen LogP contribution in [0, 0.1) is 18.6 Å². The second-order valence-corrected chi connectivity index (χ2v) is 9.42. The van der Waals surface area contributed by atoms with Crippen LogP contribution in [0.2, 0.25) is 0 Å². The van der Waals surface area contributed by atoms with Crippen molar-refractivity contribution in [3.63, 3.8) is 0 Å². The Morgan fingerprint density at radius 1 is 1.11 bits per heavy atom. The number of thiazole rings is 1. The second-order valence-electron chi connectivity index (χ2n) is 8.42. The number of hydrogen-bond donors (Lipinski definition) is 2. The van der Waals surface area contributed by atoms with Crippen molar-refractivity contribution in [2.24, 2.45) is 0 Å². The van der Waals surface area contributed by atoms with E-state index in [0.717, 1.165) is 39.9 Å². The highest BCUT2D eigenvalue weighted by atomic mass is 32.1. The number of ether oxygens (including phenoxy) is 1. The van der Waals surface area contributed by atoms with Gasteiger partial charge in [-0.05, 0) is 56.0 Å². The van der Waals surface area contributed by atoms with Gasteiger partial charge in [0.15, 0.2) is 5.13 Å². The Hall–Kier alpha value is -3.17. The van der Waals surface area contributed by atoms with Gasteiger partial charge in [-0.3, -0.25) is 9.59 Å². The molecule has 0 fully saturated rings. The Morgan fingerprint density at radius 2 is 1.80 bits per heavy atom. The molecule has 0 spiro atoms. The lowest BCUT2D eigenvalue weighted by molar-refractivity contribution is -0.126. The smallest absolute Gasteiger partial charge is 0.248 e. The molecule has 3 aromatic rings. The predicted molar refractivity (Wildman–Crippen MR) is 133 cm³/mol. The van der Waals surface area contributed by atoms with E-state index in [9.17, 15) is 18.4 Å². The third-order valence-corrected chi connectivity index (χ3v) is 6.31. The lowest BCUT2D eigenvalue weighted by Gasteiger charge is -2.16.